The molecule has 1 aliphatic heterocycles. The highest BCUT2D eigenvalue weighted by atomic mass is 19.1. The van der Waals surface area contributed by atoms with Crippen LogP contribution in [0.2, 0.25) is 0 Å². The molecule has 33 heavy (non-hydrogen) atoms. The number of unbranched alkanes of at least 4 members (excludes halogenated alkanes) is 2. The fourth-order valence-corrected chi connectivity index (χ4v) is 4.42. The van der Waals surface area contributed by atoms with Crippen molar-refractivity contribution in [1.29, 1.82) is 0 Å². The van der Waals surface area contributed by atoms with Crippen LogP contribution in [0, 0.1) is 5.82 Å². The Hall–Kier alpha value is -3.10. The molecule has 10 heteroatoms. The van der Waals surface area contributed by atoms with Crippen molar-refractivity contribution >= 4 is 22.6 Å². The van der Waals surface area contributed by atoms with E-state index >= 15 is 4.39 Å². The van der Waals surface area contributed by atoms with Crippen LogP contribution in [0.25, 0.3) is 10.9 Å². The van der Waals surface area contributed by atoms with Crippen molar-refractivity contribution in [1.82, 2.24) is 14.4 Å². The fourth-order valence-electron chi connectivity index (χ4n) is 4.42. The van der Waals surface area contributed by atoms with Crippen LogP contribution in [-0.2, 0) is 0 Å². The van der Waals surface area contributed by atoms with Crippen molar-refractivity contribution in [2.45, 2.75) is 38.1 Å². The standard InChI is InChI=1S/C23H29FN6O3/c1-25-27-26-7-3-2-4-8-28-9-11-29(12-10-28)21-14-20-17(13-19(21)24)22(31)18(23(32)33)15-30(20)16-5-6-16/h13-16H,2-12H2,1H3/p+1. The number of piperazine rings is 1. The third-order valence-corrected chi connectivity index (χ3v) is 6.37. The Morgan fingerprint density at radius 3 is 2.61 bits per heavy atom. The SMILES string of the molecule is CN=[N+]=NCCCCCN1CCN(c2cc3c(cc2F)c(=O)c(C(=O)O)cn3C2CC2)CC1. The van der Waals surface area contributed by atoms with Crippen LogP contribution in [0.15, 0.2) is 33.4 Å². The number of hydrogen-bond acceptors (Lipinski definition) is 6. The van der Waals surface area contributed by atoms with E-state index in [1.54, 1.807) is 13.1 Å². The molecule has 2 fully saturated rings. The van der Waals surface area contributed by atoms with E-state index in [1.807, 2.05) is 9.47 Å². The molecule has 9 nitrogen and oxygen atoms in total. The van der Waals surface area contributed by atoms with Crippen LogP contribution >= 0.6 is 0 Å². The van der Waals surface area contributed by atoms with Crippen LogP contribution in [0.4, 0.5) is 10.1 Å². The minimum Gasteiger partial charge on any atom is -0.477 e. The third-order valence-electron chi connectivity index (χ3n) is 6.37. The summed E-state index contributed by atoms with van der Waals surface area (Å²) in [7, 11) is 1.61. The van der Waals surface area contributed by atoms with Gasteiger partial charge in [-0.2, -0.15) is 0 Å². The number of benzene rings is 1. The lowest BCUT2D eigenvalue weighted by Gasteiger charge is -2.36. The molecule has 0 spiro atoms. The van der Waals surface area contributed by atoms with Gasteiger partial charge >= 0.3 is 5.97 Å². The van der Waals surface area contributed by atoms with Gasteiger partial charge in [-0.25, -0.2) is 9.18 Å². The second-order valence-electron chi connectivity index (χ2n) is 8.68. The van der Waals surface area contributed by atoms with Gasteiger partial charge in [0.25, 0.3) is 0 Å². The zero-order valence-corrected chi connectivity index (χ0v) is 18.9. The topological polar surface area (TPSA) is 105 Å². The summed E-state index contributed by atoms with van der Waals surface area (Å²) in [5.74, 6) is -1.76. The van der Waals surface area contributed by atoms with Crippen LogP contribution in [0.3, 0.4) is 0 Å². The van der Waals surface area contributed by atoms with Gasteiger partial charge in [-0.3, -0.25) is 9.69 Å². The average Bonchev–Trinajstić information content (AvgIpc) is 3.64. The predicted octanol–water partition coefficient (Wildman–Crippen LogP) is 3.07. The number of rotatable bonds is 9. The number of anilines is 1. The first kappa shape index (κ1) is 23.1. The largest absolute Gasteiger partial charge is 0.477 e. The Labute approximate surface area is 191 Å². The number of hydrogen-bond donors (Lipinski definition) is 1. The van der Waals surface area contributed by atoms with Gasteiger partial charge in [-0.1, -0.05) is 6.42 Å². The van der Waals surface area contributed by atoms with Crippen molar-refractivity contribution in [3.8, 4) is 0 Å². The van der Waals surface area contributed by atoms with Crippen molar-refractivity contribution in [3.63, 3.8) is 0 Å². The maximum atomic E-state index is 15.1. The molecule has 2 heterocycles. The minimum absolute atomic E-state index is 0.133. The molecule has 1 aliphatic carbocycles. The number of fused-ring (bicyclic) bond motifs is 1. The monoisotopic (exact) mass is 457 g/mol. The van der Waals surface area contributed by atoms with E-state index in [-0.39, 0.29) is 17.0 Å². The zero-order chi connectivity index (χ0) is 23.4. The summed E-state index contributed by atoms with van der Waals surface area (Å²) >= 11 is 0. The van der Waals surface area contributed by atoms with E-state index in [0.717, 1.165) is 51.7 Å². The minimum atomic E-state index is -1.28. The van der Waals surface area contributed by atoms with Gasteiger partial charge in [-0.15, -0.1) is 0 Å². The zero-order valence-electron chi connectivity index (χ0n) is 18.9. The molecule has 1 aromatic carbocycles. The molecule has 0 bridgehead atoms. The maximum absolute atomic E-state index is 15.1. The molecule has 1 aromatic heterocycles. The molecule has 0 atom stereocenters. The maximum Gasteiger partial charge on any atom is 0.341 e. The lowest BCUT2D eigenvalue weighted by molar-refractivity contribution is 0.0695. The molecule has 2 aliphatic rings. The summed E-state index contributed by atoms with van der Waals surface area (Å²) in [6.45, 7) is 4.80. The Kier molecular flexibility index (Phi) is 7.15. The van der Waals surface area contributed by atoms with Crippen molar-refractivity contribution < 1.29 is 14.3 Å². The van der Waals surface area contributed by atoms with E-state index < -0.39 is 17.2 Å². The highest BCUT2D eigenvalue weighted by Crippen LogP contribution is 2.38. The van der Waals surface area contributed by atoms with Crippen LogP contribution in [0.5, 0.6) is 0 Å². The number of carboxylic acids is 1. The summed E-state index contributed by atoms with van der Waals surface area (Å²) in [4.78, 5) is 32.2. The van der Waals surface area contributed by atoms with Crippen molar-refractivity contribution in [2.75, 3.05) is 51.2 Å². The highest BCUT2D eigenvalue weighted by Gasteiger charge is 2.28. The molecular weight excluding hydrogens is 427 g/mol. The Bertz CT molecular complexity index is 1150. The Morgan fingerprint density at radius 1 is 1.18 bits per heavy atom. The van der Waals surface area contributed by atoms with E-state index in [9.17, 15) is 14.7 Å². The van der Waals surface area contributed by atoms with Crippen LogP contribution in [0.1, 0.15) is 48.5 Å². The Balaban J connectivity index is 1.44. The van der Waals surface area contributed by atoms with Crippen molar-refractivity contribution in [3.05, 3.63) is 39.9 Å². The van der Waals surface area contributed by atoms with Crippen LogP contribution < -0.4 is 15.2 Å². The first-order chi connectivity index (χ1) is 16.0. The quantitative estimate of drug-likeness (QED) is 0.354. The molecule has 1 saturated heterocycles. The van der Waals surface area contributed by atoms with E-state index in [4.69, 9.17) is 0 Å². The van der Waals surface area contributed by atoms with Gasteiger partial charge in [0.05, 0.1) is 11.2 Å². The Morgan fingerprint density at radius 2 is 1.94 bits per heavy atom. The number of carbonyl (C=O) groups is 1. The molecule has 176 valence electrons. The average molecular weight is 458 g/mol. The normalized spacial score (nSPS) is 16.6. The molecule has 1 N–H and O–H groups in total. The van der Waals surface area contributed by atoms with Gasteiger partial charge in [-0.05, 0) is 44.4 Å². The first-order valence-electron chi connectivity index (χ1n) is 11.5. The number of pyridine rings is 1. The molecule has 0 amide bonds. The predicted molar refractivity (Wildman–Crippen MR) is 124 cm³/mol. The summed E-state index contributed by atoms with van der Waals surface area (Å²) in [6, 6.07) is 3.11. The number of carboxylic acid groups (broad SMARTS) is 1. The second-order valence-corrected chi connectivity index (χ2v) is 8.68. The summed E-state index contributed by atoms with van der Waals surface area (Å²) in [5.41, 5.74) is 0.152. The molecule has 2 aromatic rings. The van der Waals surface area contributed by atoms with E-state index in [1.165, 1.54) is 12.3 Å². The number of aromatic nitrogens is 1. The van der Waals surface area contributed by atoms with Crippen molar-refractivity contribution in [2.24, 2.45) is 10.2 Å². The lowest BCUT2D eigenvalue weighted by atomic mass is 10.1. The van der Waals surface area contributed by atoms with Gasteiger partial charge in [0, 0.05) is 43.8 Å². The third kappa shape index (κ3) is 5.29. The summed E-state index contributed by atoms with van der Waals surface area (Å²) in [6.07, 6.45) is 6.44. The van der Waals surface area contributed by atoms with E-state index in [2.05, 4.69) is 20.0 Å². The number of aromatic carboxylic acids is 1. The molecule has 0 unspecified atom stereocenters. The number of nitrogens with zero attached hydrogens (tertiary/aromatic N) is 6. The number of halogens is 1. The fraction of sp³-hybridized carbons (Fsp3) is 0.565. The second kappa shape index (κ2) is 10.2. The van der Waals surface area contributed by atoms with Crippen LogP contribution in [-0.4, -0.2) is 66.9 Å². The summed E-state index contributed by atoms with van der Waals surface area (Å²) < 4.78 is 16.9. The molecule has 1 saturated carbocycles. The first-order valence-corrected chi connectivity index (χ1v) is 11.5. The van der Waals surface area contributed by atoms with E-state index in [0.29, 0.717) is 30.8 Å². The molecule has 0 radical (unpaired) electrons. The molecular formula is C23H30FN6O3+. The summed E-state index contributed by atoms with van der Waals surface area (Å²) in [5, 5.41) is 17.1. The smallest absolute Gasteiger partial charge is 0.341 e. The molecule has 4 rings (SSSR count). The van der Waals surface area contributed by atoms with Gasteiger partial charge in [0.1, 0.15) is 35.2 Å². The highest BCUT2D eigenvalue weighted by molar-refractivity contribution is 5.93. The van der Waals surface area contributed by atoms with Gasteiger partial charge < -0.3 is 14.6 Å². The van der Waals surface area contributed by atoms with Gasteiger partial charge in [0.2, 0.25) is 10.3 Å². The lowest BCUT2D eigenvalue weighted by Crippen LogP contribution is -2.47. The van der Waals surface area contributed by atoms with Gasteiger partial charge in [0.15, 0.2) is 0 Å².